The molecule has 0 bridgehead atoms. The molecule has 0 fully saturated rings. The highest BCUT2D eigenvalue weighted by Gasteiger charge is 2.18. The van der Waals surface area contributed by atoms with Crippen molar-refractivity contribution in [3.63, 3.8) is 0 Å². The average Bonchev–Trinajstić information content (AvgIpc) is 2.53. The van der Waals surface area contributed by atoms with Crippen LogP contribution in [0, 0.1) is 11.3 Å². The molecular formula is C16H19N3O4. The molecule has 0 saturated heterocycles. The Kier molecular flexibility index (Phi) is 7.30. The van der Waals surface area contributed by atoms with E-state index in [0.717, 1.165) is 5.56 Å². The van der Waals surface area contributed by atoms with Gasteiger partial charge in [-0.3, -0.25) is 9.59 Å². The second kappa shape index (κ2) is 9.23. The minimum Gasteiger partial charge on any atom is -0.480 e. The van der Waals surface area contributed by atoms with Crippen LogP contribution in [0.1, 0.15) is 12.5 Å². The van der Waals surface area contributed by atoms with E-state index in [1.165, 1.54) is 13.1 Å². The molecule has 23 heavy (non-hydrogen) atoms. The molecule has 0 saturated carbocycles. The summed E-state index contributed by atoms with van der Waals surface area (Å²) in [4.78, 5) is 24.3. The lowest BCUT2D eigenvalue weighted by Crippen LogP contribution is -2.39. The van der Waals surface area contributed by atoms with Crippen LogP contribution in [0.4, 0.5) is 0 Å². The number of carbonyl (C=O) groups excluding carboxylic acids is 1. The van der Waals surface area contributed by atoms with Gasteiger partial charge in [-0.25, -0.2) is 0 Å². The summed E-state index contributed by atoms with van der Waals surface area (Å²) in [6.45, 7) is 1.82. The number of aliphatic carboxylic acids is 1. The molecule has 1 atom stereocenters. The Labute approximate surface area is 134 Å². The SMILES string of the molecule is CC(NC(=O)/C(C#N)=C\N(CCO)Cc1ccccc1)C(=O)O. The largest absolute Gasteiger partial charge is 0.480 e. The van der Waals surface area contributed by atoms with Crippen molar-refractivity contribution in [2.45, 2.75) is 19.5 Å². The molecule has 1 rings (SSSR count). The van der Waals surface area contributed by atoms with Gasteiger partial charge in [0.2, 0.25) is 0 Å². The van der Waals surface area contributed by atoms with Gasteiger partial charge >= 0.3 is 5.97 Å². The zero-order chi connectivity index (χ0) is 17.2. The second-order valence-corrected chi connectivity index (χ2v) is 4.87. The van der Waals surface area contributed by atoms with Crippen LogP contribution in [-0.2, 0) is 16.1 Å². The zero-order valence-corrected chi connectivity index (χ0v) is 12.8. The van der Waals surface area contributed by atoms with Gasteiger partial charge in [-0.1, -0.05) is 30.3 Å². The number of rotatable bonds is 8. The number of carboxylic acid groups (broad SMARTS) is 1. The maximum atomic E-state index is 11.9. The highest BCUT2D eigenvalue weighted by Crippen LogP contribution is 2.07. The number of hydrogen-bond donors (Lipinski definition) is 3. The van der Waals surface area contributed by atoms with Crippen LogP contribution in [0.3, 0.4) is 0 Å². The van der Waals surface area contributed by atoms with Crippen LogP contribution in [0.25, 0.3) is 0 Å². The van der Waals surface area contributed by atoms with Crippen LogP contribution < -0.4 is 5.32 Å². The lowest BCUT2D eigenvalue weighted by atomic mass is 10.2. The Morgan fingerprint density at radius 2 is 2.04 bits per heavy atom. The van der Waals surface area contributed by atoms with Crippen molar-refractivity contribution in [3.05, 3.63) is 47.7 Å². The fourth-order valence-corrected chi connectivity index (χ4v) is 1.79. The first-order valence-corrected chi connectivity index (χ1v) is 7.02. The molecule has 0 aliphatic heterocycles. The maximum absolute atomic E-state index is 11.9. The smallest absolute Gasteiger partial charge is 0.325 e. The Hall–Kier alpha value is -2.85. The number of hydrogen-bond acceptors (Lipinski definition) is 5. The van der Waals surface area contributed by atoms with Gasteiger partial charge in [0.05, 0.1) is 6.61 Å². The summed E-state index contributed by atoms with van der Waals surface area (Å²) < 4.78 is 0. The molecule has 0 spiro atoms. The molecule has 1 aromatic carbocycles. The fourth-order valence-electron chi connectivity index (χ4n) is 1.79. The monoisotopic (exact) mass is 317 g/mol. The Morgan fingerprint density at radius 3 is 2.57 bits per heavy atom. The van der Waals surface area contributed by atoms with Gasteiger partial charge in [-0.15, -0.1) is 0 Å². The quantitative estimate of drug-likeness (QED) is 0.474. The number of nitriles is 1. The van der Waals surface area contributed by atoms with E-state index in [0.29, 0.717) is 6.54 Å². The van der Waals surface area contributed by atoms with Crippen LogP contribution >= 0.6 is 0 Å². The molecule has 0 aromatic heterocycles. The number of nitrogens with zero attached hydrogens (tertiary/aromatic N) is 2. The average molecular weight is 317 g/mol. The summed E-state index contributed by atoms with van der Waals surface area (Å²) in [6, 6.07) is 10.0. The van der Waals surface area contributed by atoms with Crippen molar-refractivity contribution in [2.75, 3.05) is 13.2 Å². The van der Waals surface area contributed by atoms with Crippen LogP contribution in [0.5, 0.6) is 0 Å². The van der Waals surface area contributed by atoms with Crippen molar-refractivity contribution in [2.24, 2.45) is 0 Å². The van der Waals surface area contributed by atoms with Crippen LogP contribution in [0.15, 0.2) is 42.1 Å². The number of carboxylic acids is 1. The van der Waals surface area contributed by atoms with Crippen LogP contribution in [-0.4, -0.2) is 46.2 Å². The number of aliphatic hydroxyl groups is 1. The van der Waals surface area contributed by atoms with Crippen molar-refractivity contribution in [1.29, 1.82) is 5.26 Å². The van der Waals surface area contributed by atoms with E-state index in [-0.39, 0.29) is 18.7 Å². The number of nitrogens with one attached hydrogen (secondary N) is 1. The molecule has 7 heteroatoms. The molecule has 7 nitrogen and oxygen atoms in total. The molecule has 1 unspecified atom stereocenters. The van der Waals surface area contributed by atoms with Gasteiger partial charge < -0.3 is 20.4 Å². The molecule has 1 amide bonds. The number of aliphatic hydroxyl groups excluding tert-OH is 1. The Bertz CT molecular complexity index is 608. The molecule has 0 radical (unpaired) electrons. The molecule has 1 aromatic rings. The summed E-state index contributed by atoms with van der Waals surface area (Å²) in [5.41, 5.74) is 0.733. The van der Waals surface area contributed by atoms with Crippen molar-refractivity contribution in [3.8, 4) is 6.07 Å². The van der Waals surface area contributed by atoms with E-state index >= 15 is 0 Å². The fraction of sp³-hybridized carbons (Fsp3) is 0.312. The molecule has 122 valence electrons. The Morgan fingerprint density at radius 1 is 1.39 bits per heavy atom. The minimum atomic E-state index is -1.19. The van der Waals surface area contributed by atoms with Gasteiger partial charge in [0.15, 0.2) is 0 Å². The predicted molar refractivity (Wildman–Crippen MR) is 82.9 cm³/mol. The summed E-state index contributed by atoms with van der Waals surface area (Å²) in [6.07, 6.45) is 1.33. The van der Waals surface area contributed by atoms with Gasteiger partial charge in [-0.2, -0.15) is 5.26 Å². The molecule has 0 aliphatic rings. The normalized spacial score (nSPS) is 12.1. The summed E-state index contributed by atoms with van der Waals surface area (Å²) in [7, 11) is 0. The molecule has 0 heterocycles. The third kappa shape index (κ3) is 6.20. The number of carbonyl (C=O) groups is 2. The van der Waals surface area contributed by atoms with Gasteiger partial charge in [0.25, 0.3) is 5.91 Å². The van der Waals surface area contributed by atoms with E-state index in [4.69, 9.17) is 15.5 Å². The lowest BCUT2D eigenvalue weighted by molar-refractivity contribution is -0.140. The van der Waals surface area contributed by atoms with E-state index in [1.807, 2.05) is 30.3 Å². The lowest BCUT2D eigenvalue weighted by Gasteiger charge is -2.20. The number of benzene rings is 1. The summed E-state index contributed by atoms with van der Waals surface area (Å²) in [5.74, 6) is -1.95. The third-order valence-electron chi connectivity index (χ3n) is 3.01. The van der Waals surface area contributed by atoms with E-state index in [1.54, 1.807) is 11.0 Å². The van der Waals surface area contributed by atoms with E-state index in [2.05, 4.69) is 5.32 Å². The first-order valence-electron chi connectivity index (χ1n) is 7.02. The molecular weight excluding hydrogens is 298 g/mol. The predicted octanol–water partition coefficient (Wildman–Crippen LogP) is 0.478. The highest BCUT2D eigenvalue weighted by atomic mass is 16.4. The van der Waals surface area contributed by atoms with Gasteiger partial charge in [0, 0.05) is 19.3 Å². The molecule has 0 aliphatic carbocycles. The number of amides is 1. The zero-order valence-electron chi connectivity index (χ0n) is 12.8. The molecule has 3 N–H and O–H groups in total. The summed E-state index contributed by atoms with van der Waals surface area (Å²) in [5, 5.41) is 29.2. The van der Waals surface area contributed by atoms with E-state index < -0.39 is 17.9 Å². The van der Waals surface area contributed by atoms with Crippen molar-refractivity contribution >= 4 is 11.9 Å². The van der Waals surface area contributed by atoms with Crippen LogP contribution in [0.2, 0.25) is 0 Å². The standard InChI is InChI=1S/C16H19N3O4/c1-12(16(22)23)18-15(21)14(9-17)11-19(7-8-20)10-13-5-3-2-4-6-13/h2-6,11-12,20H,7-8,10H2,1H3,(H,18,21)(H,22,23)/b14-11-. The second-order valence-electron chi connectivity index (χ2n) is 4.87. The van der Waals surface area contributed by atoms with E-state index in [9.17, 15) is 9.59 Å². The first-order chi connectivity index (χ1) is 11.0. The third-order valence-corrected chi connectivity index (χ3v) is 3.01. The Balaban J connectivity index is 2.87. The van der Waals surface area contributed by atoms with Crippen molar-refractivity contribution in [1.82, 2.24) is 10.2 Å². The topological polar surface area (TPSA) is 114 Å². The summed E-state index contributed by atoms with van der Waals surface area (Å²) >= 11 is 0. The van der Waals surface area contributed by atoms with Gasteiger partial charge in [0.1, 0.15) is 17.7 Å². The first kappa shape index (κ1) is 18.2. The van der Waals surface area contributed by atoms with Gasteiger partial charge in [-0.05, 0) is 12.5 Å². The van der Waals surface area contributed by atoms with Crippen molar-refractivity contribution < 1.29 is 19.8 Å². The highest BCUT2D eigenvalue weighted by molar-refractivity contribution is 5.99. The maximum Gasteiger partial charge on any atom is 0.325 e. The minimum absolute atomic E-state index is 0.144.